The second-order valence-corrected chi connectivity index (χ2v) is 7.15. The highest BCUT2D eigenvalue weighted by molar-refractivity contribution is 7.26. The van der Waals surface area contributed by atoms with Gasteiger partial charge < -0.3 is 5.11 Å². The summed E-state index contributed by atoms with van der Waals surface area (Å²) in [5, 5.41) is 13.1. The number of rotatable bonds is 3. The predicted molar refractivity (Wildman–Crippen MR) is 106 cm³/mol. The van der Waals surface area contributed by atoms with E-state index in [4.69, 9.17) is 11.6 Å². The van der Waals surface area contributed by atoms with E-state index in [0.29, 0.717) is 5.02 Å². The van der Waals surface area contributed by atoms with E-state index in [2.05, 4.69) is 48.5 Å². The van der Waals surface area contributed by atoms with E-state index < -0.39 is 0 Å². The highest BCUT2D eigenvalue weighted by atomic mass is 35.5. The summed E-state index contributed by atoms with van der Waals surface area (Å²) in [6.07, 6.45) is 2.07. The number of benzene rings is 3. The molecule has 1 N–H and O–H groups in total. The Bertz CT molecular complexity index is 1040. The molecule has 4 rings (SSSR count). The molecule has 0 aliphatic rings. The number of hydrogen-bond donors (Lipinski definition) is 1. The fourth-order valence-electron chi connectivity index (χ4n) is 2.95. The minimum absolute atomic E-state index is 0.0110. The first-order valence-electron chi connectivity index (χ1n) is 7.74. The minimum atomic E-state index is -0.0110. The molecule has 0 aliphatic carbocycles. The zero-order valence-electron chi connectivity index (χ0n) is 12.9. The van der Waals surface area contributed by atoms with Crippen LogP contribution < -0.4 is 0 Å². The van der Waals surface area contributed by atoms with E-state index in [9.17, 15) is 5.11 Å². The first kappa shape index (κ1) is 15.4. The molecule has 0 unspecified atom stereocenters. The molecule has 118 valence electrons. The van der Waals surface area contributed by atoms with Crippen molar-refractivity contribution in [3.05, 3.63) is 82.9 Å². The number of fused-ring (bicyclic) bond motifs is 3. The van der Waals surface area contributed by atoms with E-state index in [-0.39, 0.29) is 6.61 Å². The van der Waals surface area contributed by atoms with Gasteiger partial charge in [-0.3, -0.25) is 0 Å². The van der Waals surface area contributed by atoms with Crippen LogP contribution in [0.3, 0.4) is 0 Å². The van der Waals surface area contributed by atoms with Crippen LogP contribution in [0.15, 0.2) is 66.7 Å². The van der Waals surface area contributed by atoms with Crippen molar-refractivity contribution >= 4 is 54.8 Å². The average molecular weight is 351 g/mol. The molecule has 0 bridgehead atoms. The Morgan fingerprint density at radius 1 is 0.917 bits per heavy atom. The number of aliphatic hydroxyl groups is 1. The molecule has 0 amide bonds. The molecule has 3 aromatic carbocycles. The van der Waals surface area contributed by atoms with Gasteiger partial charge in [-0.2, -0.15) is 0 Å². The van der Waals surface area contributed by atoms with Crippen LogP contribution in [0.4, 0.5) is 0 Å². The number of halogens is 1. The Balaban J connectivity index is 1.90. The lowest BCUT2D eigenvalue weighted by Crippen LogP contribution is -1.90. The highest BCUT2D eigenvalue weighted by Crippen LogP contribution is 2.37. The fraction of sp³-hybridized carbons (Fsp3) is 0.0476. The lowest BCUT2D eigenvalue weighted by atomic mass is 10.0. The quantitative estimate of drug-likeness (QED) is 0.433. The van der Waals surface area contributed by atoms with Gasteiger partial charge in [-0.05, 0) is 41.0 Å². The second-order valence-electron chi connectivity index (χ2n) is 5.66. The van der Waals surface area contributed by atoms with Crippen LogP contribution in [0.5, 0.6) is 0 Å². The molecule has 0 saturated heterocycles. The van der Waals surface area contributed by atoms with Crippen LogP contribution in [0.2, 0.25) is 5.02 Å². The van der Waals surface area contributed by atoms with Crippen molar-refractivity contribution in [2.75, 3.05) is 6.61 Å². The minimum Gasteiger partial charge on any atom is -0.392 e. The maximum atomic E-state index is 9.82. The van der Waals surface area contributed by atoms with Crippen molar-refractivity contribution in [3.8, 4) is 0 Å². The Morgan fingerprint density at radius 3 is 2.46 bits per heavy atom. The van der Waals surface area contributed by atoms with Crippen molar-refractivity contribution in [2.24, 2.45) is 0 Å². The Hall–Kier alpha value is -2.13. The summed E-state index contributed by atoms with van der Waals surface area (Å²) >= 11 is 7.75. The molecular weight excluding hydrogens is 336 g/mol. The standard InChI is InChI=1S/C21H15ClOS/c22-17-10-8-14(9-11-17)16(13-23)12-15-4-3-6-19-18-5-1-2-7-20(18)24-21(15)19/h1-12,23H,13H2/b16-12+. The summed E-state index contributed by atoms with van der Waals surface area (Å²) in [7, 11) is 0. The molecule has 0 atom stereocenters. The molecule has 0 fully saturated rings. The zero-order valence-corrected chi connectivity index (χ0v) is 14.4. The SMILES string of the molecule is OC/C(=C\c1cccc2c1sc1ccccc12)c1ccc(Cl)cc1. The molecule has 0 saturated carbocycles. The van der Waals surface area contributed by atoms with Crippen molar-refractivity contribution in [1.82, 2.24) is 0 Å². The Kier molecular flexibility index (Phi) is 4.11. The summed E-state index contributed by atoms with van der Waals surface area (Å²) < 4.78 is 2.53. The number of hydrogen-bond acceptors (Lipinski definition) is 2. The zero-order chi connectivity index (χ0) is 16.5. The second kappa shape index (κ2) is 6.40. The van der Waals surface area contributed by atoms with Crippen LogP contribution in [0, 0.1) is 0 Å². The predicted octanol–water partition coefficient (Wildman–Crippen LogP) is 6.24. The van der Waals surface area contributed by atoms with Gasteiger partial charge in [-0.1, -0.05) is 60.1 Å². The van der Waals surface area contributed by atoms with E-state index in [1.165, 1.54) is 20.2 Å². The van der Waals surface area contributed by atoms with Gasteiger partial charge in [-0.15, -0.1) is 11.3 Å². The molecule has 0 spiro atoms. The molecule has 3 heteroatoms. The summed E-state index contributed by atoms with van der Waals surface area (Å²) in [6.45, 7) is -0.0110. The Morgan fingerprint density at radius 2 is 1.67 bits per heavy atom. The van der Waals surface area contributed by atoms with Gasteiger partial charge in [-0.25, -0.2) is 0 Å². The first-order chi connectivity index (χ1) is 11.8. The van der Waals surface area contributed by atoms with Crippen molar-refractivity contribution in [2.45, 2.75) is 0 Å². The monoisotopic (exact) mass is 350 g/mol. The van der Waals surface area contributed by atoms with Gasteiger partial charge in [0.1, 0.15) is 0 Å². The molecule has 24 heavy (non-hydrogen) atoms. The molecule has 4 aromatic rings. The maximum Gasteiger partial charge on any atom is 0.0687 e. The number of thiophene rings is 1. The van der Waals surface area contributed by atoms with E-state index in [0.717, 1.165) is 16.7 Å². The van der Waals surface area contributed by atoms with Gasteiger partial charge in [0.2, 0.25) is 0 Å². The van der Waals surface area contributed by atoms with Crippen molar-refractivity contribution in [3.63, 3.8) is 0 Å². The molecule has 0 radical (unpaired) electrons. The largest absolute Gasteiger partial charge is 0.392 e. The average Bonchev–Trinajstić information content (AvgIpc) is 3.00. The van der Waals surface area contributed by atoms with E-state index in [1.807, 2.05) is 24.3 Å². The molecular formula is C21H15ClOS. The van der Waals surface area contributed by atoms with Crippen LogP contribution in [0.25, 0.3) is 31.8 Å². The summed E-state index contributed by atoms with van der Waals surface area (Å²) in [5.74, 6) is 0. The van der Waals surface area contributed by atoms with Gasteiger partial charge >= 0.3 is 0 Å². The van der Waals surface area contributed by atoms with Crippen molar-refractivity contribution < 1.29 is 5.11 Å². The van der Waals surface area contributed by atoms with Gasteiger partial charge in [0.15, 0.2) is 0 Å². The summed E-state index contributed by atoms with van der Waals surface area (Å²) in [5.41, 5.74) is 3.00. The lowest BCUT2D eigenvalue weighted by molar-refractivity contribution is 0.351. The fourth-order valence-corrected chi connectivity index (χ4v) is 4.27. The molecule has 1 nitrogen and oxygen atoms in total. The van der Waals surface area contributed by atoms with Crippen molar-refractivity contribution in [1.29, 1.82) is 0 Å². The highest BCUT2D eigenvalue weighted by Gasteiger charge is 2.08. The topological polar surface area (TPSA) is 20.2 Å². The Labute approximate surface area is 149 Å². The molecule has 0 aliphatic heterocycles. The third kappa shape index (κ3) is 2.73. The lowest BCUT2D eigenvalue weighted by Gasteiger charge is -2.06. The van der Waals surface area contributed by atoms with Gasteiger partial charge in [0, 0.05) is 25.2 Å². The third-order valence-corrected chi connectivity index (χ3v) is 5.64. The van der Waals surface area contributed by atoms with Gasteiger partial charge in [0.25, 0.3) is 0 Å². The van der Waals surface area contributed by atoms with Crippen LogP contribution in [0.1, 0.15) is 11.1 Å². The first-order valence-corrected chi connectivity index (χ1v) is 8.93. The smallest absolute Gasteiger partial charge is 0.0687 e. The van der Waals surface area contributed by atoms with Crippen LogP contribution in [-0.4, -0.2) is 11.7 Å². The van der Waals surface area contributed by atoms with E-state index >= 15 is 0 Å². The van der Waals surface area contributed by atoms with Crippen LogP contribution >= 0.6 is 22.9 Å². The summed E-state index contributed by atoms with van der Waals surface area (Å²) in [6, 6.07) is 22.4. The van der Waals surface area contributed by atoms with Gasteiger partial charge in [0.05, 0.1) is 6.61 Å². The third-order valence-electron chi connectivity index (χ3n) is 4.15. The maximum absolute atomic E-state index is 9.82. The van der Waals surface area contributed by atoms with E-state index in [1.54, 1.807) is 11.3 Å². The van der Waals surface area contributed by atoms with Crippen LogP contribution in [-0.2, 0) is 0 Å². The normalized spacial score (nSPS) is 12.2. The number of aliphatic hydroxyl groups excluding tert-OH is 1. The summed E-state index contributed by atoms with van der Waals surface area (Å²) in [4.78, 5) is 0. The molecule has 1 heterocycles. The molecule has 1 aromatic heterocycles.